The van der Waals surface area contributed by atoms with Gasteiger partial charge < -0.3 is 9.42 Å². The Kier molecular flexibility index (Phi) is 3.16. The topological polar surface area (TPSA) is 72.3 Å². The Bertz CT molecular complexity index is 241. The molecule has 0 bridgehead atoms. The van der Waals surface area contributed by atoms with E-state index in [9.17, 15) is 4.57 Å². The molecule has 0 saturated carbocycles. The second-order valence-corrected chi connectivity index (χ2v) is 2.58. The van der Waals surface area contributed by atoms with Crippen molar-refractivity contribution in [1.29, 1.82) is 0 Å². The molecule has 1 aromatic rings. The predicted octanol–water partition coefficient (Wildman–Crippen LogP) is 0.375. The Balaban J connectivity index is 2.45. The van der Waals surface area contributed by atoms with E-state index >= 15 is 0 Å². The largest absolute Gasteiger partial charge is 0.326 e. The molecular weight excluding hydrogens is 167 g/mol. The van der Waals surface area contributed by atoms with E-state index in [1.54, 1.807) is 12.3 Å². The van der Waals surface area contributed by atoms with Crippen LogP contribution in [0.25, 0.3) is 0 Å². The molecule has 1 unspecified atom stereocenters. The van der Waals surface area contributed by atoms with Gasteiger partial charge in [-0.2, -0.15) is 0 Å². The Morgan fingerprint density at radius 1 is 1.73 bits per heavy atom. The fourth-order valence-corrected chi connectivity index (χ4v) is 0.811. The Hall–Kier alpha value is -0.770. The summed E-state index contributed by atoms with van der Waals surface area (Å²) in [6.07, 6.45) is 2.90. The second kappa shape index (κ2) is 4.18. The molecule has 60 valence electrons. The number of hydrogen-bond donors (Lipinski definition) is 1. The Morgan fingerprint density at radius 3 is 3.09 bits per heavy atom. The van der Waals surface area contributed by atoms with Crippen LogP contribution < -0.4 is 0 Å². The summed E-state index contributed by atoms with van der Waals surface area (Å²) in [5.74, 6) is 0. The van der Waals surface area contributed by atoms with Gasteiger partial charge in [0.25, 0.3) is 0 Å². The molecule has 0 aliphatic carbocycles. The van der Waals surface area contributed by atoms with Crippen molar-refractivity contribution in [1.82, 2.24) is 9.97 Å². The SMILES string of the molecule is O=[PH](O)OCc1ccncn1. The van der Waals surface area contributed by atoms with Gasteiger partial charge >= 0.3 is 8.25 Å². The van der Waals surface area contributed by atoms with Gasteiger partial charge in [0.15, 0.2) is 0 Å². The highest BCUT2D eigenvalue weighted by Crippen LogP contribution is 2.16. The van der Waals surface area contributed by atoms with Crippen LogP contribution >= 0.6 is 8.25 Å². The van der Waals surface area contributed by atoms with E-state index in [2.05, 4.69) is 14.5 Å². The highest BCUT2D eigenvalue weighted by atomic mass is 31.1. The number of rotatable bonds is 3. The van der Waals surface area contributed by atoms with Crippen LogP contribution in [0.2, 0.25) is 0 Å². The van der Waals surface area contributed by atoms with Crippen LogP contribution in [-0.4, -0.2) is 14.9 Å². The van der Waals surface area contributed by atoms with Crippen molar-refractivity contribution < 1.29 is 14.0 Å². The molecule has 0 amide bonds. The fourth-order valence-electron chi connectivity index (χ4n) is 0.539. The van der Waals surface area contributed by atoms with Gasteiger partial charge in [0, 0.05) is 6.20 Å². The van der Waals surface area contributed by atoms with Gasteiger partial charge in [0.05, 0.1) is 12.3 Å². The van der Waals surface area contributed by atoms with E-state index in [0.29, 0.717) is 5.69 Å². The maximum Gasteiger partial charge on any atom is 0.316 e. The summed E-state index contributed by atoms with van der Waals surface area (Å²) in [4.78, 5) is 15.7. The number of hydrogen-bond acceptors (Lipinski definition) is 4. The first-order chi connectivity index (χ1) is 5.29. The van der Waals surface area contributed by atoms with Gasteiger partial charge in [-0.15, -0.1) is 0 Å². The summed E-state index contributed by atoms with van der Waals surface area (Å²) < 4.78 is 14.5. The molecule has 0 aromatic carbocycles. The maximum absolute atomic E-state index is 10.1. The minimum Gasteiger partial charge on any atom is -0.326 e. The fraction of sp³-hybridized carbons (Fsp3) is 0.200. The van der Waals surface area contributed by atoms with Crippen LogP contribution in [-0.2, 0) is 15.7 Å². The van der Waals surface area contributed by atoms with Crippen LogP contribution in [0.4, 0.5) is 0 Å². The van der Waals surface area contributed by atoms with Gasteiger partial charge in [0.2, 0.25) is 0 Å². The quantitative estimate of drug-likeness (QED) is 0.670. The molecule has 11 heavy (non-hydrogen) atoms. The monoisotopic (exact) mass is 174 g/mol. The second-order valence-electron chi connectivity index (χ2n) is 1.76. The van der Waals surface area contributed by atoms with Crippen molar-refractivity contribution in [3.63, 3.8) is 0 Å². The van der Waals surface area contributed by atoms with Gasteiger partial charge in [-0.05, 0) is 6.07 Å². The van der Waals surface area contributed by atoms with Crippen LogP contribution in [0.1, 0.15) is 5.69 Å². The van der Waals surface area contributed by atoms with Crippen molar-refractivity contribution in [3.05, 3.63) is 24.3 Å². The zero-order valence-electron chi connectivity index (χ0n) is 5.60. The summed E-state index contributed by atoms with van der Waals surface area (Å²) >= 11 is 0. The number of nitrogens with zero attached hydrogens (tertiary/aromatic N) is 2. The molecule has 0 saturated heterocycles. The van der Waals surface area contributed by atoms with E-state index in [0.717, 1.165) is 0 Å². The molecule has 1 aromatic heterocycles. The first-order valence-electron chi connectivity index (χ1n) is 2.89. The number of aromatic nitrogens is 2. The lowest BCUT2D eigenvalue weighted by Crippen LogP contribution is -1.89. The summed E-state index contributed by atoms with van der Waals surface area (Å²) in [6.45, 7) is 0.0524. The summed E-state index contributed by atoms with van der Waals surface area (Å²) in [5.41, 5.74) is 0.590. The van der Waals surface area contributed by atoms with E-state index in [-0.39, 0.29) is 6.61 Å². The van der Waals surface area contributed by atoms with Crippen LogP contribution in [0.5, 0.6) is 0 Å². The molecule has 1 N–H and O–H groups in total. The maximum atomic E-state index is 10.1. The average molecular weight is 174 g/mol. The molecule has 1 heterocycles. The summed E-state index contributed by atoms with van der Waals surface area (Å²) in [6, 6.07) is 1.62. The molecule has 1 atom stereocenters. The molecule has 0 fully saturated rings. The minimum absolute atomic E-state index is 0.0524. The normalized spacial score (nSPS) is 12.8. The first kappa shape index (κ1) is 8.33. The van der Waals surface area contributed by atoms with Crippen molar-refractivity contribution in [3.8, 4) is 0 Å². The lowest BCUT2D eigenvalue weighted by atomic mass is 10.4. The average Bonchev–Trinajstić information content (AvgIpc) is 2.03. The molecule has 1 rings (SSSR count). The van der Waals surface area contributed by atoms with E-state index in [1.165, 1.54) is 6.33 Å². The van der Waals surface area contributed by atoms with Crippen molar-refractivity contribution in [2.45, 2.75) is 6.61 Å². The summed E-state index contributed by atoms with van der Waals surface area (Å²) in [5, 5.41) is 0. The van der Waals surface area contributed by atoms with E-state index in [1.807, 2.05) is 0 Å². The smallest absolute Gasteiger partial charge is 0.316 e. The van der Waals surface area contributed by atoms with Crippen LogP contribution in [0, 0.1) is 0 Å². The minimum atomic E-state index is -2.84. The Labute approximate surface area is 64.0 Å². The molecule has 6 heteroatoms. The lowest BCUT2D eigenvalue weighted by Gasteiger charge is -1.96. The Morgan fingerprint density at radius 2 is 2.55 bits per heavy atom. The molecule has 0 radical (unpaired) electrons. The van der Waals surface area contributed by atoms with Crippen molar-refractivity contribution >= 4 is 8.25 Å². The predicted molar refractivity (Wildman–Crippen MR) is 38.0 cm³/mol. The lowest BCUT2D eigenvalue weighted by molar-refractivity contribution is 0.268. The third kappa shape index (κ3) is 3.23. The zero-order chi connectivity index (χ0) is 8.10. The van der Waals surface area contributed by atoms with E-state index < -0.39 is 8.25 Å². The van der Waals surface area contributed by atoms with E-state index in [4.69, 9.17) is 4.89 Å². The first-order valence-corrected chi connectivity index (χ1v) is 4.16. The van der Waals surface area contributed by atoms with Crippen molar-refractivity contribution in [2.24, 2.45) is 0 Å². The van der Waals surface area contributed by atoms with Gasteiger partial charge in [-0.1, -0.05) is 0 Å². The third-order valence-electron chi connectivity index (χ3n) is 0.987. The molecule has 0 spiro atoms. The zero-order valence-corrected chi connectivity index (χ0v) is 6.60. The van der Waals surface area contributed by atoms with Crippen LogP contribution in [0.15, 0.2) is 18.6 Å². The molecule has 0 aliphatic rings. The molecule has 5 nitrogen and oxygen atoms in total. The van der Waals surface area contributed by atoms with Gasteiger partial charge in [-0.25, -0.2) is 9.97 Å². The van der Waals surface area contributed by atoms with Crippen molar-refractivity contribution in [2.75, 3.05) is 0 Å². The highest BCUT2D eigenvalue weighted by molar-refractivity contribution is 7.32. The standard InChI is InChI=1S/C5H7N2O3P/c8-11(9)10-3-5-1-2-6-4-7-5/h1-2,4,11H,3H2,(H,8,9). The molecular formula is C5H7N2O3P. The highest BCUT2D eigenvalue weighted by Gasteiger charge is 1.94. The van der Waals surface area contributed by atoms with Gasteiger partial charge in [-0.3, -0.25) is 4.57 Å². The summed E-state index contributed by atoms with van der Waals surface area (Å²) in [7, 11) is -2.84. The molecule has 0 aliphatic heterocycles. The van der Waals surface area contributed by atoms with Gasteiger partial charge in [0.1, 0.15) is 6.33 Å². The third-order valence-corrected chi connectivity index (χ3v) is 1.38. The van der Waals surface area contributed by atoms with Crippen LogP contribution in [0.3, 0.4) is 0 Å².